The lowest BCUT2D eigenvalue weighted by molar-refractivity contribution is -0.120. The molecular weight excluding hydrogens is 270 g/mol. The maximum Gasteiger partial charge on any atom is 0.229 e. The second-order valence-corrected chi connectivity index (χ2v) is 5.59. The monoisotopic (exact) mass is 289 g/mol. The van der Waals surface area contributed by atoms with E-state index in [4.69, 9.17) is 0 Å². The minimum absolute atomic E-state index is 0. The molecule has 18 heavy (non-hydrogen) atoms. The third-order valence-electron chi connectivity index (χ3n) is 3.17. The molecule has 4 nitrogen and oxygen atoms in total. The number of anilines is 1. The maximum atomic E-state index is 12.0. The molecule has 0 aromatic carbocycles. The van der Waals surface area contributed by atoms with E-state index in [0.29, 0.717) is 0 Å². The Morgan fingerprint density at radius 3 is 2.72 bits per heavy atom. The van der Waals surface area contributed by atoms with E-state index in [0.717, 1.165) is 43.2 Å². The lowest BCUT2D eigenvalue weighted by Gasteiger charge is -2.20. The van der Waals surface area contributed by atoms with E-state index in [2.05, 4.69) is 29.5 Å². The van der Waals surface area contributed by atoms with Crippen molar-refractivity contribution in [3.8, 4) is 0 Å². The number of piperidine rings is 1. The van der Waals surface area contributed by atoms with Crippen LogP contribution in [0, 0.1) is 12.8 Å². The Morgan fingerprint density at radius 2 is 2.17 bits per heavy atom. The molecule has 2 heterocycles. The van der Waals surface area contributed by atoms with Gasteiger partial charge in [0.1, 0.15) is 0 Å². The van der Waals surface area contributed by atoms with E-state index in [1.807, 2.05) is 0 Å². The van der Waals surface area contributed by atoms with E-state index in [1.165, 1.54) is 4.88 Å². The quantitative estimate of drug-likeness (QED) is 0.898. The first-order chi connectivity index (χ1) is 8.20. The SMILES string of the molecule is CCc1nc(NC(=O)C2CCNCC2)sc1C.Cl. The van der Waals surface area contributed by atoms with Crippen LogP contribution in [0.15, 0.2) is 0 Å². The third-order valence-corrected chi connectivity index (χ3v) is 4.10. The van der Waals surface area contributed by atoms with Crippen LogP contribution in [0.5, 0.6) is 0 Å². The van der Waals surface area contributed by atoms with Crippen LogP contribution in [0.3, 0.4) is 0 Å². The topological polar surface area (TPSA) is 54.0 Å². The molecule has 102 valence electrons. The van der Waals surface area contributed by atoms with Gasteiger partial charge in [-0.2, -0.15) is 0 Å². The highest BCUT2D eigenvalue weighted by Crippen LogP contribution is 2.23. The van der Waals surface area contributed by atoms with Crippen molar-refractivity contribution in [1.29, 1.82) is 0 Å². The molecule has 1 saturated heterocycles. The summed E-state index contributed by atoms with van der Waals surface area (Å²) in [6.07, 6.45) is 2.78. The van der Waals surface area contributed by atoms with E-state index >= 15 is 0 Å². The summed E-state index contributed by atoms with van der Waals surface area (Å²) in [6.45, 7) is 6.02. The van der Waals surface area contributed by atoms with Gasteiger partial charge in [-0.15, -0.1) is 23.7 Å². The summed E-state index contributed by atoms with van der Waals surface area (Å²) in [6, 6.07) is 0. The second-order valence-electron chi connectivity index (χ2n) is 4.39. The minimum atomic E-state index is 0. The maximum absolute atomic E-state index is 12.0. The van der Waals surface area contributed by atoms with Crippen LogP contribution in [-0.4, -0.2) is 24.0 Å². The molecule has 0 atom stereocenters. The fourth-order valence-corrected chi connectivity index (χ4v) is 3.01. The molecule has 6 heteroatoms. The molecule has 1 amide bonds. The van der Waals surface area contributed by atoms with Crippen LogP contribution < -0.4 is 10.6 Å². The van der Waals surface area contributed by atoms with Gasteiger partial charge in [0.2, 0.25) is 5.91 Å². The van der Waals surface area contributed by atoms with Gasteiger partial charge < -0.3 is 10.6 Å². The van der Waals surface area contributed by atoms with Crippen molar-refractivity contribution in [2.24, 2.45) is 5.92 Å². The predicted molar refractivity (Wildman–Crippen MR) is 77.7 cm³/mol. The molecule has 2 rings (SSSR count). The highest BCUT2D eigenvalue weighted by atomic mass is 35.5. The van der Waals surface area contributed by atoms with Crippen LogP contribution in [0.1, 0.15) is 30.3 Å². The zero-order valence-electron chi connectivity index (χ0n) is 10.8. The van der Waals surface area contributed by atoms with Crippen molar-refractivity contribution in [2.45, 2.75) is 33.1 Å². The highest BCUT2D eigenvalue weighted by Gasteiger charge is 2.21. The third kappa shape index (κ3) is 3.67. The van der Waals surface area contributed by atoms with Crippen LogP contribution in [-0.2, 0) is 11.2 Å². The zero-order chi connectivity index (χ0) is 12.3. The fraction of sp³-hybridized carbons (Fsp3) is 0.667. The van der Waals surface area contributed by atoms with Gasteiger partial charge in [0, 0.05) is 10.8 Å². The first-order valence-electron chi connectivity index (χ1n) is 6.18. The Bertz CT molecular complexity index is 402. The summed E-state index contributed by atoms with van der Waals surface area (Å²) in [4.78, 5) is 17.6. The van der Waals surface area contributed by atoms with Crippen molar-refractivity contribution < 1.29 is 4.79 Å². The molecule has 0 aliphatic carbocycles. The number of aryl methyl sites for hydroxylation is 2. The van der Waals surface area contributed by atoms with Gasteiger partial charge >= 0.3 is 0 Å². The van der Waals surface area contributed by atoms with Gasteiger partial charge in [-0.1, -0.05) is 6.92 Å². The molecule has 1 aromatic heterocycles. The molecule has 0 unspecified atom stereocenters. The van der Waals surface area contributed by atoms with Gasteiger partial charge in [-0.3, -0.25) is 4.79 Å². The van der Waals surface area contributed by atoms with E-state index in [9.17, 15) is 4.79 Å². The normalized spacial score (nSPS) is 16.1. The average Bonchev–Trinajstić information content (AvgIpc) is 2.70. The van der Waals surface area contributed by atoms with Crippen molar-refractivity contribution in [1.82, 2.24) is 10.3 Å². The average molecular weight is 290 g/mol. The first-order valence-corrected chi connectivity index (χ1v) is 7.00. The van der Waals surface area contributed by atoms with Gasteiger partial charge in [0.15, 0.2) is 5.13 Å². The summed E-state index contributed by atoms with van der Waals surface area (Å²) in [5, 5.41) is 6.96. The molecule has 1 aliphatic rings. The Kier molecular flexibility index (Phi) is 6.05. The van der Waals surface area contributed by atoms with Crippen LogP contribution >= 0.6 is 23.7 Å². The predicted octanol–water partition coefficient (Wildman–Crippen LogP) is 2.37. The number of carbonyl (C=O) groups is 1. The van der Waals surface area contributed by atoms with Crippen molar-refractivity contribution in [3.05, 3.63) is 10.6 Å². The lowest BCUT2D eigenvalue weighted by atomic mass is 9.97. The zero-order valence-corrected chi connectivity index (χ0v) is 12.4. The Morgan fingerprint density at radius 1 is 1.50 bits per heavy atom. The number of thiazole rings is 1. The van der Waals surface area contributed by atoms with Gasteiger partial charge in [0.25, 0.3) is 0 Å². The molecule has 0 bridgehead atoms. The molecule has 1 aliphatic heterocycles. The van der Waals surface area contributed by atoms with Crippen LogP contribution in [0.25, 0.3) is 0 Å². The summed E-state index contributed by atoms with van der Waals surface area (Å²) < 4.78 is 0. The molecule has 0 spiro atoms. The molecule has 0 saturated carbocycles. The summed E-state index contributed by atoms with van der Waals surface area (Å²) in [7, 11) is 0. The lowest BCUT2D eigenvalue weighted by Crippen LogP contribution is -2.34. The summed E-state index contributed by atoms with van der Waals surface area (Å²) in [5.41, 5.74) is 1.09. The number of aromatic nitrogens is 1. The van der Waals surface area contributed by atoms with Gasteiger partial charge in [-0.05, 0) is 39.3 Å². The summed E-state index contributed by atoms with van der Waals surface area (Å²) in [5.74, 6) is 0.272. The van der Waals surface area contributed by atoms with Crippen molar-refractivity contribution >= 4 is 34.8 Å². The number of nitrogens with zero attached hydrogens (tertiary/aromatic N) is 1. The number of nitrogens with one attached hydrogen (secondary N) is 2. The Hall–Kier alpha value is -0.650. The number of rotatable bonds is 3. The second kappa shape index (κ2) is 7.07. The first kappa shape index (κ1) is 15.4. The van der Waals surface area contributed by atoms with Crippen LogP contribution in [0.2, 0.25) is 0 Å². The molecule has 1 aromatic rings. The number of carbonyl (C=O) groups excluding carboxylic acids is 1. The van der Waals surface area contributed by atoms with Gasteiger partial charge in [-0.25, -0.2) is 4.98 Å². The standard InChI is InChI=1S/C12H19N3OS.ClH/c1-3-10-8(2)17-12(14-10)15-11(16)9-4-6-13-7-5-9;/h9,13H,3-7H2,1-2H3,(H,14,15,16);1H. The summed E-state index contributed by atoms with van der Waals surface area (Å²) >= 11 is 1.57. The number of hydrogen-bond acceptors (Lipinski definition) is 4. The molecule has 2 N–H and O–H groups in total. The van der Waals surface area contributed by atoms with E-state index in [-0.39, 0.29) is 24.2 Å². The number of hydrogen-bond donors (Lipinski definition) is 2. The highest BCUT2D eigenvalue weighted by molar-refractivity contribution is 7.15. The van der Waals surface area contributed by atoms with Gasteiger partial charge in [0.05, 0.1) is 5.69 Å². The molecule has 1 fully saturated rings. The van der Waals surface area contributed by atoms with E-state index in [1.54, 1.807) is 11.3 Å². The van der Waals surface area contributed by atoms with E-state index < -0.39 is 0 Å². The Balaban J connectivity index is 0.00000162. The molecule has 0 radical (unpaired) electrons. The van der Waals surface area contributed by atoms with Crippen molar-refractivity contribution in [3.63, 3.8) is 0 Å². The van der Waals surface area contributed by atoms with Crippen molar-refractivity contribution in [2.75, 3.05) is 18.4 Å². The molecular formula is C12H20ClN3OS. The smallest absolute Gasteiger partial charge is 0.229 e. The Labute approximate surface area is 118 Å². The fourth-order valence-electron chi connectivity index (χ4n) is 2.10. The van der Waals surface area contributed by atoms with Crippen LogP contribution in [0.4, 0.5) is 5.13 Å². The minimum Gasteiger partial charge on any atom is -0.317 e. The number of amides is 1. The number of halogens is 1. The largest absolute Gasteiger partial charge is 0.317 e.